The van der Waals surface area contributed by atoms with Gasteiger partial charge in [0, 0.05) is 6.42 Å². The Bertz CT molecular complexity index is 331. The van der Waals surface area contributed by atoms with Crippen molar-refractivity contribution in [1.82, 2.24) is 10.8 Å². The van der Waals surface area contributed by atoms with Crippen LogP contribution in [0.1, 0.15) is 26.7 Å². The second kappa shape index (κ2) is 8.44. The van der Waals surface area contributed by atoms with Gasteiger partial charge < -0.3 is 20.4 Å². The topological polar surface area (TPSA) is 125 Å². The van der Waals surface area contributed by atoms with Crippen LogP contribution < -0.4 is 10.8 Å². The molecule has 0 radical (unpaired) electrons. The molecule has 0 bridgehead atoms. The van der Waals surface area contributed by atoms with E-state index < -0.39 is 29.9 Å². The normalized spacial score (nSPS) is 13.9. The monoisotopic (exact) mass is 276 g/mol. The van der Waals surface area contributed by atoms with Crippen LogP contribution in [0.3, 0.4) is 0 Å². The summed E-state index contributed by atoms with van der Waals surface area (Å²) < 4.78 is 0. The van der Waals surface area contributed by atoms with Gasteiger partial charge in [-0.05, 0) is 12.3 Å². The van der Waals surface area contributed by atoms with Crippen LogP contribution in [0.4, 0.5) is 0 Å². The van der Waals surface area contributed by atoms with Crippen molar-refractivity contribution in [2.45, 2.75) is 38.8 Å². The van der Waals surface area contributed by atoms with E-state index in [0.29, 0.717) is 0 Å². The SMILES string of the molecule is CONC(C(=O)N[C@@H](CCC(=O)O)C(=O)O)C(C)C. The highest BCUT2D eigenvalue weighted by Gasteiger charge is 2.27. The molecule has 0 aliphatic rings. The van der Waals surface area contributed by atoms with Crippen molar-refractivity contribution in [2.75, 3.05) is 7.11 Å². The molecule has 110 valence electrons. The van der Waals surface area contributed by atoms with Gasteiger partial charge in [0.1, 0.15) is 12.1 Å². The first-order valence-electron chi connectivity index (χ1n) is 5.83. The van der Waals surface area contributed by atoms with Crippen LogP contribution in [0.25, 0.3) is 0 Å². The predicted octanol–water partition coefficient (Wildman–Crippen LogP) is -0.404. The minimum atomic E-state index is -1.27. The molecule has 8 heteroatoms. The highest BCUT2D eigenvalue weighted by atomic mass is 16.6. The summed E-state index contributed by atoms with van der Waals surface area (Å²) in [5.41, 5.74) is 2.47. The summed E-state index contributed by atoms with van der Waals surface area (Å²) in [6.45, 7) is 3.53. The number of hydrogen-bond donors (Lipinski definition) is 4. The molecule has 0 aromatic rings. The Morgan fingerprint density at radius 2 is 1.79 bits per heavy atom. The molecule has 0 heterocycles. The lowest BCUT2D eigenvalue weighted by Gasteiger charge is -2.22. The third-order valence-corrected chi connectivity index (χ3v) is 2.46. The Hall–Kier alpha value is -1.67. The van der Waals surface area contributed by atoms with Crippen molar-refractivity contribution >= 4 is 17.8 Å². The number of nitrogens with one attached hydrogen (secondary N) is 2. The molecule has 0 spiro atoms. The molecule has 0 saturated carbocycles. The number of carboxylic acid groups (broad SMARTS) is 2. The summed E-state index contributed by atoms with van der Waals surface area (Å²) in [7, 11) is 1.35. The molecule has 19 heavy (non-hydrogen) atoms. The third-order valence-electron chi connectivity index (χ3n) is 2.46. The van der Waals surface area contributed by atoms with Crippen molar-refractivity contribution in [1.29, 1.82) is 0 Å². The van der Waals surface area contributed by atoms with Gasteiger partial charge in [-0.1, -0.05) is 13.8 Å². The summed E-state index contributed by atoms with van der Waals surface area (Å²) in [4.78, 5) is 37.9. The van der Waals surface area contributed by atoms with Gasteiger partial charge in [0.25, 0.3) is 0 Å². The lowest BCUT2D eigenvalue weighted by atomic mass is 10.0. The largest absolute Gasteiger partial charge is 0.481 e. The van der Waals surface area contributed by atoms with E-state index in [1.165, 1.54) is 7.11 Å². The standard InChI is InChI=1S/C11H20N2O6/c1-6(2)9(13-19-3)10(16)12-7(11(17)18)4-5-8(14)15/h6-7,9,13H,4-5H2,1-3H3,(H,12,16)(H,14,15)(H,17,18)/t7-,9?/m0/s1. The van der Waals surface area contributed by atoms with E-state index in [0.717, 1.165) is 0 Å². The minimum Gasteiger partial charge on any atom is -0.481 e. The Balaban J connectivity index is 4.59. The molecular formula is C11H20N2O6. The van der Waals surface area contributed by atoms with Gasteiger partial charge in [0.05, 0.1) is 7.11 Å². The summed E-state index contributed by atoms with van der Waals surface area (Å²) in [5.74, 6) is -3.05. The Morgan fingerprint density at radius 3 is 2.16 bits per heavy atom. The second-order valence-electron chi connectivity index (χ2n) is 4.38. The zero-order chi connectivity index (χ0) is 15.0. The first kappa shape index (κ1) is 17.3. The molecule has 0 aromatic heterocycles. The van der Waals surface area contributed by atoms with Crippen LogP contribution in [0, 0.1) is 5.92 Å². The summed E-state index contributed by atoms with van der Waals surface area (Å²) in [5, 5.41) is 19.7. The zero-order valence-corrected chi connectivity index (χ0v) is 11.2. The van der Waals surface area contributed by atoms with E-state index in [2.05, 4.69) is 15.6 Å². The van der Waals surface area contributed by atoms with Crippen LogP contribution in [0.15, 0.2) is 0 Å². The number of amides is 1. The van der Waals surface area contributed by atoms with Crippen molar-refractivity contribution in [3.63, 3.8) is 0 Å². The van der Waals surface area contributed by atoms with Gasteiger partial charge in [-0.25, -0.2) is 4.79 Å². The molecular weight excluding hydrogens is 256 g/mol. The number of carbonyl (C=O) groups is 3. The Labute approximate surface area is 111 Å². The lowest BCUT2D eigenvalue weighted by molar-refractivity contribution is -0.144. The molecule has 1 amide bonds. The smallest absolute Gasteiger partial charge is 0.326 e. The Kier molecular flexibility index (Phi) is 7.69. The number of hydroxylamine groups is 1. The highest BCUT2D eigenvalue weighted by Crippen LogP contribution is 2.04. The lowest BCUT2D eigenvalue weighted by Crippen LogP contribution is -2.52. The van der Waals surface area contributed by atoms with Gasteiger partial charge in [0.15, 0.2) is 0 Å². The number of rotatable bonds is 9. The van der Waals surface area contributed by atoms with Crippen molar-refractivity contribution < 1.29 is 29.4 Å². The maximum Gasteiger partial charge on any atom is 0.326 e. The van der Waals surface area contributed by atoms with Crippen LogP contribution in [0.5, 0.6) is 0 Å². The minimum absolute atomic E-state index is 0.117. The summed E-state index contributed by atoms with van der Waals surface area (Å²) in [6, 6.07) is -1.94. The van der Waals surface area contributed by atoms with Gasteiger partial charge in [-0.2, -0.15) is 5.48 Å². The molecule has 1 unspecified atom stereocenters. The molecule has 0 rings (SSSR count). The van der Waals surface area contributed by atoms with Gasteiger partial charge >= 0.3 is 11.9 Å². The number of carboxylic acids is 2. The average Bonchev–Trinajstić information content (AvgIpc) is 2.29. The fourth-order valence-corrected chi connectivity index (χ4v) is 1.41. The fourth-order valence-electron chi connectivity index (χ4n) is 1.41. The van der Waals surface area contributed by atoms with E-state index in [1.807, 2.05) is 0 Å². The maximum absolute atomic E-state index is 11.9. The zero-order valence-electron chi connectivity index (χ0n) is 11.2. The number of hydrogen-bond acceptors (Lipinski definition) is 5. The molecule has 0 aromatic carbocycles. The van der Waals surface area contributed by atoms with Gasteiger partial charge in [-0.3, -0.25) is 9.59 Å². The van der Waals surface area contributed by atoms with E-state index in [9.17, 15) is 14.4 Å². The molecule has 8 nitrogen and oxygen atoms in total. The molecule has 0 aliphatic carbocycles. The predicted molar refractivity (Wildman–Crippen MR) is 65.2 cm³/mol. The van der Waals surface area contributed by atoms with Crippen molar-refractivity contribution in [3.05, 3.63) is 0 Å². The summed E-state index contributed by atoms with van der Waals surface area (Å²) >= 11 is 0. The van der Waals surface area contributed by atoms with Crippen molar-refractivity contribution in [3.8, 4) is 0 Å². The van der Waals surface area contributed by atoms with Gasteiger partial charge in [-0.15, -0.1) is 0 Å². The van der Waals surface area contributed by atoms with Crippen LogP contribution in [0.2, 0.25) is 0 Å². The molecule has 0 saturated heterocycles. The van der Waals surface area contributed by atoms with E-state index in [-0.39, 0.29) is 18.8 Å². The fraction of sp³-hybridized carbons (Fsp3) is 0.727. The quantitative estimate of drug-likeness (QED) is 0.422. The summed E-state index contributed by atoms with van der Waals surface area (Å²) in [6.07, 6.45) is -0.504. The van der Waals surface area contributed by atoms with E-state index in [1.54, 1.807) is 13.8 Å². The third kappa shape index (κ3) is 6.73. The highest BCUT2D eigenvalue weighted by molar-refractivity contribution is 5.87. The van der Waals surface area contributed by atoms with Crippen LogP contribution in [-0.2, 0) is 19.2 Å². The van der Waals surface area contributed by atoms with E-state index in [4.69, 9.17) is 10.2 Å². The molecule has 2 atom stereocenters. The number of carbonyl (C=O) groups excluding carboxylic acids is 1. The molecule has 4 N–H and O–H groups in total. The van der Waals surface area contributed by atoms with Crippen LogP contribution >= 0.6 is 0 Å². The van der Waals surface area contributed by atoms with Gasteiger partial charge in [0.2, 0.25) is 5.91 Å². The Morgan fingerprint density at radius 1 is 1.21 bits per heavy atom. The number of aliphatic carboxylic acids is 2. The first-order chi connectivity index (χ1) is 8.79. The van der Waals surface area contributed by atoms with Crippen LogP contribution in [-0.4, -0.2) is 47.3 Å². The first-order valence-corrected chi connectivity index (χ1v) is 5.83. The average molecular weight is 276 g/mol. The maximum atomic E-state index is 11.9. The van der Waals surface area contributed by atoms with E-state index >= 15 is 0 Å². The second-order valence-corrected chi connectivity index (χ2v) is 4.38. The molecule has 0 fully saturated rings. The molecule has 0 aliphatic heterocycles. The van der Waals surface area contributed by atoms with Crippen molar-refractivity contribution in [2.24, 2.45) is 5.92 Å².